The van der Waals surface area contributed by atoms with Crippen LogP contribution in [0.3, 0.4) is 0 Å². The Morgan fingerprint density at radius 1 is 1.18 bits per heavy atom. The zero-order valence-corrected chi connectivity index (χ0v) is 11.8. The summed E-state index contributed by atoms with van der Waals surface area (Å²) in [5.74, 6) is -1.00. The van der Waals surface area contributed by atoms with Crippen molar-refractivity contribution in [3.8, 4) is 6.07 Å². The van der Waals surface area contributed by atoms with Gasteiger partial charge in [0, 0.05) is 5.56 Å². The maximum Gasteiger partial charge on any atom is 0.383 e. The van der Waals surface area contributed by atoms with Gasteiger partial charge >= 0.3 is 5.97 Å². The summed E-state index contributed by atoms with van der Waals surface area (Å²) < 4.78 is 0. The number of fused-ring (bicyclic) bond motifs is 1. The zero-order valence-electron chi connectivity index (χ0n) is 11.8. The van der Waals surface area contributed by atoms with E-state index in [1.54, 1.807) is 24.3 Å². The van der Waals surface area contributed by atoms with Gasteiger partial charge in [-0.1, -0.05) is 48.5 Å². The van der Waals surface area contributed by atoms with E-state index in [0.717, 1.165) is 17.7 Å². The molecule has 1 aliphatic rings. The molecule has 5 heteroatoms. The van der Waals surface area contributed by atoms with Crippen LogP contribution in [-0.2, 0) is 21.7 Å². The second kappa shape index (κ2) is 5.51. The fraction of sp³-hybridized carbons (Fsp3) is 0.176. The topological polar surface area (TPSA) is 73.6 Å². The number of para-hydroxylation sites is 1. The van der Waals surface area contributed by atoms with Gasteiger partial charge in [-0.3, -0.25) is 0 Å². The number of aliphatic hydroxyl groups is 1. The van der Waals surface area contributed by atoms with Crippen molar-refractivity contribution in [2.24, 2.45) is 0 Å². The molecule has 110 valence electrons. The van der Waals surface area contributed by atoms with Gasteiger partial charge in [0.05, 0.1) is 12.2 Å². The van der Waals surface area contributed by atoms with Crippen molar-refractivity contribution >= 4 is 11.7 Å². The summed E-state index contributed by atoms with van der Waals surface area (Å²) in [7, 11) is 0. The summed E-state index contributed by atoms with van der Waals surface area (Å²) in [6.45, 7) is 0.501. The largest absolute Gasteiger partial charge is 0.383 e. The highest BCUT2D eigenvalue weighted by atomic mass is 16.7. The maximum absolute atomic E-state index is 12.3. The van der Waals surface area contributed by atoms with E-state index >= 15 is 0 Å². The average Bonchev–Trinajstić information content (AvgIpc) is 2.98. The van der Waals surface area contributed by atoms with E-state index in [1.165, 1.54) is 17.2 Å². The van der Waals surface area contributed by atoms with Crippen molar-refractivity contribution in [1.29, 1.82) is 5.26 Å². The minimum Gasteiger partial charge on any atom is -0.363 e. The number of nitriles is 1. The lowest BCUT2D eigenvalue weighted by Gasteiger charge is -2.24. The molecule has 1 heterocycles. The molecule has 0 spiro atoms. The van der Waals surface area contributed by atoms with Crippen LogP contribution in [0, 0.1) is 11.3 Å². The molecule has 22 heavy (non-hydrogen) atoms. The van der Waals surface area contributed by atoms with Crippen molar-refractivity contribution < 1.29 is 14.7 Å². The minimum absolute atomic E-state index is 0.190. The summed E-state index contributed by atoms with van der Waals surface area (Å²) >= 11 is 0. The van der Waals surface area contributed by atoms with Crippen molar-refractivity contribution in [3.63, 3.8) is 0 Å². The molecule has 1 aliphatic heterocycles. The van der Waals surface area contributed by atoms with Gasteiger partial charge in [-0.15, -0.1) is 0 Å². The average molecular weight is 294 g/mol. The smallest absolute Gasteiger partial charge is 0.363 e. The third-order valence-electron chi connectivity index (χ3n) is 3.69. The van der Waals surface area contributed by atoms with Crippen LogP contribution in [0.2, 0.25) is 0 Å². The standard InChI is InChI=1S/C17H14N2O3/c18-12-17(21,14-7-2-1-3-8-14)16(20)22-19-11-10-13-6-4-5-9-15(13)19/h1-9,21H,10-11H2. The first-order valence-corrected chi connectivity index (χ1v) is 6.92. The molecule has 1 N–H and O–H groups in total. The predicted molar refractivity (Wildman–Crippen MR) is 79.5 cm³/mol. The number of carbonyl (C=O) groups excluding carboxylic acids is 1. The van der Waals surface area contributed by atoms with Crippen LogP contribution in [0.15, 0.2) is 54.6 Å². The Balaban J connectivity index is 1.84. The Morgan fingerprint density at radius 2 is 1.86 bits per heavy atom. The van der Waals surface area contributed by atoms with Crippen molar-refractivity contribution in [2.45, 2.75) is 12.0 Å². The Hall–Kier alpha value is -2.84. The molecule has 0 radical (unpaired) electrons. The molecule has 5 nitrogen and oxygen atoms in total. The predicted octanol–water partition coefficient (Wildman–Crippen LogP) is 1.92. The number of hydrogen-bond donors (Lipinski definition) is 1. The molecule has 1 unspecified atom stereocenters. The summed E-state index contributed by atoms with van der Waals surface area (Å²) in [4.78, 5) is 17.6. The molecule has 1 atom stereocenters. The number of benzene rings is 2. The zero-order chi connectivity index (χ0) is 15.6. The maximum atomic E-state index is 12.3. The van der Waals surface area contributed by atoms with Gasteiger partial charge in [0.25, 0.3) is 5.60 Å². The fourth-order valence-corrected chi connectivity index (χ4v) is 2.48. The molecule has 0 amide bonds. The first kappa shape index (κ1) is 14.1. The number of nitrogens with zero attached hydrogens (tertiary/aromatic N) is 2. The number of hydrogen-bond acceptors (Lipinski definition) is 5. The van der Waals surface area contributed by atoms with E-state index in [2.05, 4.69) is 0 Å². The molecule has 3 rings (SSSR count). The minimum atomic E-state index is -2.32. The molecular weight excluding hydrogens is 280 g/mol. The lowest BCUT2D eigenvalue weighted by Crippen LogP contribution is -2.40. The molecule has 0 saturated heterocycles. The van der Waals surface area contributed by atoms with Crippen molar-refractivity contribution in [3.05, 3.63) is 65.7 Å². The lowest BCUT2D eigenvalue weighted by atomic mass is 9.96. The quantitative estimate of drug-likeness (QED) is 0.875. The van der Waals surface area contributed by atoms with Gasteiger partial charge < -0.3 is 9.94 Å². The summed E-state index contributed by atoms with van der Waals surface area (Å²) in [6, 6.07) is 17.3. The van der Waals surface area contributed by atoms with Crippen LogP contribution in [0.1, 0.15) is 11.1 Å². The molecule has 0 saturated carbocycles. The van der Waals surface area contributed by atoms with Gasteiger partial charge in [0.1, 0.15) is 6.07 Å². The number of hydroxylamine groups is 1. The highest BCUT2D eigenvalue weighted by Crippen LogP contribution is 2.30. The Kier molecular flexibility index (Phi) is 3.53. The van der Waals surface area contributed by atoms with Crippen molar-refractivity contribution in [1.82, 2.24) is 0 Å². The molecule has 2 aromatic rings. The molecular formula is C17H14N2O3. The van der Waals surface area contributed by atoms with E-state index in [0.29, 0.717) is 6.54 Å². The Bertz CT molecular complexity index is 739. The van der Waals surface area contributed by atoms with Gasteiger partial charge in [0.15, 0.2) is 0 Å². The second-order valence-electron chi connectivity index (χ2n) is 5.05. The highest BCUT2D eigenvalue weighted by Gasteiger charge is 2.42. The molecule has 0 aromatic heterocycles. The SMILES string of the molecule is N#CC(O)(C(=O)ON1CCc2ccccc21)c1ccccc1. The van der Waals surface area contributed by atoms with Crippen LogP contribution in [0.25, 0.3) is 0 Å². The van der Waals surface area contributed by atoms with Crippen molar-refractivity contribution in [2.75, 3.05) is 11.6 Å². The summed E-state index contributed by atoms with van der Waals surface area (Å²) in [5.41, 5.74) is -0.284. The summed E-state index contributed by atoms with van der Waals surface area (Å²) in [6.07, 6.45) is 0.750. The van der Waals surface area contributed by atoms with E-state index < -0.39 is 11.6 Å². The first-order valence-electron chi connectivity index (χ1n) is 6.92. The molecule has 0 fully saturated rings. The van der Waals surface area contributed by atoms with Gasteiger partial charge in [-0.05, 0) is 18.1 Å². The van der Waals surface area contributed by atoms with Gasteiger partial charge in [-0.2, -0.15) is 5.26 Å². The van der Waals surface area contributed by atoms with Crippen LogP contribution in [0.5, 0.6) is 0 Å². The van der Waals surface area contributed by atoms with Gasteiger partial charge in [-0.25, -0.2) is 9.86 Å². The van der Waals surface area contributed by atoms with E-state index in [-0.39, 0.29) is 5.56 Å². The monoisotopic (exact) mass is 294 g/mol. The normalized spacial score (nSPS) is 15.5. The third-order valence-corrected chi connectivity index (χ3v) is 3.69. The lowest BCUT2D eigenvalue weighted by molar-refractivity contribution is -0.162. The Morgan fingerprint density at radius 3 is 2.59 bits per heavy atom. The van der Waals surface area contributed by atoms with Crippen LogP contribution in [0.4, 0.5) is 5.69 Å². The Labute approximate surface area is 127 Å². The number of anilines is 1. The molecule has 0 bridgehead atoms. The second-order valence-corrected chi connectivity index (χ2v) is 5.05. The molecule has 0 aliphatic carbocycles. The van der Waals surface area contributed by atoms with Crippen LogP contribution >= 0.6 is 0 Å². The third kappa shape index (κ3) is 2.30. The summed E-state index contributed by atoms with van der Waals surface area (Å²) in [5, 5.41) is 21.1. The number of rotatable bonds is 3. The fourth-order valence-electron chi connectivity index (χ4n) is 2.48. The van der Waals surface area contributed by atoms with Crippen LogP contribution < -0.4 is 5.06 Å². The van der Waals surface area contributed by atoms with E-state index in [9.17, 15) is 15.2 Å². The number of carbonyl (C=O) groups is 1. The van der Waals surface area contributed by atoms with Crippen LogP contribution in [-0.4, -0.2) is 17.6 Å². The van der Waals surface area contributed by atoms with E-state index in [1.807, 2.05) is 24.3 Å². The van der Waals surface area contributed by atoms with E-state index in [4.69, 9.17) is 4.84 Å². The highest BCUT2D eigenvalue weighted by molar-refractivity contribution is 5.85. The first-order chi connectivity index (χ1) is 10.6. The van der Waals surface area contributed by atoms with Gasteiger partial charge in [0.2, 0.25) is 0 Å². The molecule has 2 aromatic carbocycles.